The van der Waals surface area contributed by atoms with E-state index in [1.165, 1.54) is 18.3 Å². The molecule has 3 rings (SSSR count). The van der Waals surface area contributed by atoms with Crippen LogP contribution < -0.4 is 4.90 Å². The van der Waals surface area contributed by atoms with E-state index in [0.717, 1.165) is 11.8 Å². The van der Waals surface area contributed by atoms with E-state index >= 15 is 0 Å². The third kappa shape index (κ3) is 6.94. The van der Waals surface area contributed by atoms with Crippen LogP contribution in [0, 0.1) is 12.8 Å². The van der Waals surface area contributed by atoms with Gasteiger partial charge in [0.1, 0.15) is 5.65 Å². The van der Waals surface area contributed by atoms with Crippen molar-refractivity contribution in [1.29, 1.82) is 0 Å². The number of anilines is 1. The van der Waals surface area contributed by atoms with Crippen LogP contribution in [-0.4, -0.2) is 63.2 Å². The Balaban J connectivity index is 1.75. The molecule has 0 aromatic carbocycles. The van der Waals surface area contributed by atoms with Crippen LogP contribution in [0.5, 0.6) is 0 Å². The highest BCUT2D eigenvalue weighted by Crippen LogP contribution is 2.28. The number of aryl methyl sites for hydroxylation is 2. The lowest BCUT2D eigenvalue weighted by atomic mass is 9.95. The predicted octanol–water partition coefficient (Wildman–Crippen LogP) is 4.11. The van der Waals surface area contributed by atoms with Crippen molar-refractivity contribution < 1.29 is 37.4 Å². The van der Waals surface area contributed by atoms with E-state index < -0.39 is 18.1 Å². The van der Waals surface area contributed by atoms with Crippen molar-refractivity contribution in [3.05, 3.63) is 53.6 Å². The fourth-order valence-corrected chi connectivity index (χ4v) is 4.30. The van der Waals surface area contributed by atoms with Crippen molar-refractivity contribution in [2.75, 3.05) is 24.7 Å². The number of carboxylic acids is 1. The first-order valence-corrected chi connectivity index (χ1v) is 12.0. The molecule has 0 aliphatic carbocycles. The highest BCUT2D eigenvalue weighted by molar-refractivity contribution is 6.09. The molecule has 3 aromatic rings. The van der Waals surface area contributed by atoms with Crippen molar-refractivity contribution in [1.82, 2.24) is 14.5 Å². The normalized spacial score (nSPS) is 12.5. The summed E-state index contributed by atoms with van der Waals surface area (Å²) in [7, 11) is 1.75. The average molecular weight is 535 g/mol. The zero-order valence-corrected chi connectivity index (χ0v) is 21.3. The van der Waals surface area contributed by atoms with Crippen LogP contribution in [0.15, 0.2) is 36.8 Å². The standard InChI is InChI=1S/C26H29F3N4O5/c1-16(13-22(35)36)12-21(34)23-19-11-17(2)14-31-24(19)32(3)20(23)6-9-38-10-8-33(25(37)26(27,28)29)18-5-4-7-30-15-18/h4-5,7,11,14-16H,6,8-10,12-13H2,1-3H3,(H,35,36). The minimum Gasteiger partial charge on any atom is -0.481 e. The largest absolute Gasteiger partial charge is 0.481 e. The summed E-state index contributed by atoms with van der Waals surface area (Å²) >= 11 is 0. The molecular weight excluding hydrogens is 505 g/mol. The van der Waals surface area contributed by atoms with E-state index in [-0.39, 0.29) is 56.4 Å². The molecule has 3 aromatic heterocycles. The number of fused-ring (bicyclic) bond motifs is 1. The first-order valence-electron chi connectivity index (χ1n) is 12.0. The maximum Gasteiger partial charge on any atom is 0.471 e. The Morgan fingerprint density at radius 1 is 1.18 bits per heavy atom. The molecular formula is C26H29F3N4O5. The maximum absolute atomic E-state index is 13.3. The van der Waals surface area contributed by atoms with E-state index in [4.69, 9.17) is 9.84 Å². The number of nitrogens with zero attached hydrogens (tertiary/aromatic N) is 4. The van der Waals surface area contributed by atoms with Crippen LogP contribution in [0.4, 0.5) is 18.9 Å². The van der Waals surface area contributed by atoms with Gasteiger partial charge in [0.2, 0.25) is 0 Å². The van der Waals surface area contributed by atoms with Crippen LogP contribution >= 0.6 is 0 Å². The van der Waals surface area contributed by atoms with E-state index in [0.29, 0.717) is 27.2 Å². The molecule has 9 nitrogen and oxygen atoms in total. The van der Waals surface area contributed by atoms with Gasteiger partial charge >= 0.3 is 18.1 Å². The van der Waals surface area contributed by atoms with Crippen molar-refractivity contribution in [2.45, 2.75) is 39.3 Å². The molecule has 0 spiro atoms. The lowest BCUT2D eigenvalue weighted by molar-refractivity contribution is -0.170. The van der Waals surface area contributed by atoms with Crippen LogP contribution in [-0.2, 0) is 27.8 Å². The summed E-state index contributed by atoms with van der Waals surface area (Å²) in [6.45, 7) is 3.07. The number of Topliss-reactive ketones (excluding diaryl/α,β-unsaturated/α-hetero) is 1. The molecule has 1 amide bonds. The number of hydrogen-bond donors (Lipinski definition) is 1. The number of alkyl halides is 3. The zero-order valence-electron chi connectivity index (χ0n) is 21.3. The van der Waals surface area contributed by atoms with Crippen molar-refractivity contribution in [2.24, 2.45) is 13.0 Å². The summed E-state index contributed by atoms with van der Waals surface area (Å²) in [4.78, 5) is 45.0. The van der Waals surface area contributed by atoms with Crippen LogP contribution in [0.25, 0.3) is 11.0 Å². The van der Waals surface area contributed by atoms with Crippen LogP contribution in [0.1, 0.15) is 41.4 Å². The Hall–Kier alpha value is -3.80. The van der Waals surface area contributed by atoms with Gasteiger partial charge in [-0.25, -0.2) is 4.98 Å². The Bertz CT molecular complexity index is 1310. The lowest BCUT2D eigenvalue weighted by Crippen LogP contribution is -2.43. The van der Waals surface area contributed by atoms with Crippen LogP contribution in [0.2, 0.25) is 0 Å². The number of pyridine rings is 2. The van der Waals surface area contributed by atoms with Gasteiger partial charge in [-0.3, -0.25) is 19.4 Å². The van der Waals surface area contributed by atoms with Gasteiger partial charge in [-0.15, -0.1) is 0 Å². The summed E-state index contributed by atoms with van der Waals surface area (Å²) in [6, 6.07) is 4.62. The van der Waals surface area contributed by atoms with Crippen molar-refractivity contribution in [3.8, 4) is 0 Å². The highest BCUT2D eigenvalue weighted by Gasteiger charge is 2.43. The average Bonchev–Trinajstić information content (AvgIpc) is 3.11. The fourth-order valence-electron chi connectivity index (χ4n) is 4.30. The lowest BCUT2D eigenvalue weighted by Gasteiger charge is -2.23. The minimum absolute atomic E-state index is 0.00285. The molecule has 0 aliphatic heterocycles. The Morgan fingerprint density at radius 3 is 2.55 bits per heavy atom. The van der Waals surface area contributed by atoms with Gasteiger partial charge in [0.15, 0.2) is 5.78 Å². The van der Waals surface area contributed by atoms with Crippen molar-refractivity contribution in [3.63, 3.8) is 0 Å². The van der Waals surface area contributed by atoms with Gasteiger partial charge in [-0.05, 0) is 36.6 Å². The topological polar surface area (TPSA) is 115 Å². The van der Waals surface area contributed by atoms with E-state index in [1.54, 1.807) is 24.7 Å². The number of amides is 1. The van der Waals surface area contributed by atoms with E-state index in [2.05, 4.69) is 9.97 Å². The van der Waals surface area contributed by atoms with Gasteiger partial charge in [0.25, 0.3) is 0 Å². The monoisotopic (exact) mass is 534 g/mol. The number of aromatic nitrogens is 3. The molecule has 0 bridgehead atoms. The molecule has 0 radical (unpaired) electrons. The molecule has 1 atom stereocenters. The quantitative estimate of drug-likeness (QED) is 0.275. The fraction of sp³-hybridized carbons (Fsp3) is 0.423. The van der Waals surface area contributed by atoms with Gasteiger partial charge < -0.3 is 19.3 Å². The first-order chi connectivity index (χ1) is 17.9. The number of carbonyl (C=O) groups is 3. The van der Waals surface area contributed by atoms with E-state index in [1.807, 2.05) is 13.0 Å². The second kappa shape index (κ2) is 12.2. The highest BCUT2D eigenvalue weighted by atomic mass is 19.4. The molecule has 204 valence electrons. The van der Waals surface area contributed by atoms with Gasteiger partial charge in [-0.2, -0.15) is 13.2 Å². The molecule has 1 unspecified atom stereocenters. The molecule has 0 saturated heterocycles. The van der Waals surface area contributed by atoms with Gasteiger partial charge in [-0.1, -0.05) is 6.92 Å². The number of carbonyl (C=O) groups excluding carboxylic acids is 2. The number of aliphatic carboxylic acids is 1. The molecule has 12 heteroatoms. The Labute approximate surface area is 217 Å². The number of ketones is 1. The molecule has 3 heterocycles. The van der Waals surface area contributed by atoms with Crippen LogP contribution in [0.3, 0.4) is 0 Å². The molecule has 0 aliphatic rings. The Morgan fingerprint density at radius 2 is 1.92 bits per heavy atom. The number of carboxylic acid groups (broad SMARTS) is 1. The van der Waals surface area contributed by atoms with Gasteiger partial charge in [0, 0.05) is 61.9 Å². The second-order valence-corrected chi connectivity index (χ2v) is 9.12. The third-order valence-electron chi connectivity index (χ3n) is 6.01. The van der Waals surface area contributed by atoms with Crippen molar-refractivity contribution >= 4 is 34.4 Å². The smallest absolute Gasteiger partial charge is 0.471 e. The zero-order chi connectivity index (χ0) is 28.0. The predicted molar refractivity (Wildman–Crippen MR) is 133 cm³/mol. The SMILES string of the molecule is Cc1cnc2c(c1)c(C(=O)CC(C)CC(=O)O)c(CCOCCN(C(=O)C(F)(F)F)c1cccnc1)n2C. The first kappa shape index (κ1) is 28.8. The molecule has 1 N–H and O–H groups in total. The summed E-state index contributed by atoms with van der Waals surface area (Å²) in [5.41, 5.74) is 2.49. The Kier molecular flexibility index (Phi) is 9.21. The molecule has 0 saturated carbocycles. The molecule has 0 fully saturated rings. The maximum atomic E-state index is 13.3. The summed E-state index contributed by atoms with van der Waals surface area (Å²) < 4.78 is 46.7. The number of hydrogen-bond acceptors (Lipinski definition) is 6. The number of rotatable bonds is 12. The number of ether oxygens (including phenoxy) is 1. The second-order valence-electron chi connectivity index (χ2n) is 9.12. The number of halogens is 3. The minimum atomic E-state index is -5.06. The molecule has 38 heavy (non-hydrogen) atoms. The van der Waals surface area contributed by atoms with E-state index in [9.17, 15) is 27.6 Å². The summed E-state index contributed by atoms with van der Waals surface area (Å²) in [6.07, 6.45) is -0.690. The summed E-state index contributed by atoms with van der Waals surface area (Å²) in [5, 5.41) is 9.71. The third-order valence-corrected chi connectivity index (χ3v) is 6.01. The summed E-state index contributed by atoms with van der Waals surface area (Å²) in [5.74, 6) is -3.60. The van der Waals surface area contributed by atoms with Gasteiger partial charge in [0.05, 0.1) is 25.1 Å².